The molecule has 4 bridgehead atoms. The molecule has 21 heavy (non-hydrogen) atoms. The Morgan fingerprint density at radius 2 is 1.67 bits per heavy atom. The van der Waals surface area contributed by atoms with E-state index in [-0.39, 0.29) is 11.3 Å². The lowest BCUT2D eigenvalue weighted by atomic mass is 9.49. The molecule has 0 aromatic rings. The van der Waals surface area contributed by atoms with Crippen molar-refractivity contribution in [3.63, 3.8) is 0 Å². The van der Waals surface area contributed by atoms with Crippen molar-refractivity contribution >= 4 is 5.91 Å². The van der Waals surface area contributed by atoms with Gasteiger partial charge < -0.3 is 11.1 Å². The molecule has 4 aliphatic rings. The van der Waals surface area contributed by atoms with Gasteiger partial charge in [-0.15, -0.1) is 0 Å². The van der Waals surface area contributed by atoms with Crippen LogP contribution in [0.3, 0.4) is 0 Å². The Morgan fingerprint density at radius 3 is 2.14 bits per heavy atom. The number of rotatable bonds is 6. The van der Waals surface area contributed by atoms with E-state index in [1.54, 1.807) is 0 Å². The molecule has 120 valence electrons. The first-order chi connectivity index (χ1) is 9.90. The summed E-state index contributed by atoms with van der Waals surface area (Å²) in [5.41, 5.74) is 6.12. The molecule has 0 unspecified atom stereocenters. The van der Waals surface area contributed by atoms with Gasteiger partial charge in [0.15, 0.2) is 0 Å². The third kappa shape index (κ3) is 3.44. The molecule has 1 amide bonds. The molecule has 0 atom stereocenters. The molecule has 4 aliphatic carbocycles. The van der Waals surface area contributed by atoms with Crippen LogP contribution in [0.5, 0.6) is 0 Å². The van der Waals surface area contributed by atoms with Crippen LogP contribution in [0.2, 0.25) is 0 Å². The number of hydrogen-bond donors (Lipinski definition) is 2. The second kappa shape index (κ2) is 5.57. The zero-order valence-electron chi connectivity index (χ0n) is 13.8. The summed E-state index contributed by atoms with van der Waals surface area (Å²) >= 11 is 0. The van der Waals surface area contributed by atoms with Crippen LogP contribution < -0.4 is 11.1 Å². The second-order valence-electron chi connectivity index (χ2n) is 9.07. The van der Waals surface area contributed by atoms with Crippen molar-refractivity contribution in [1.29, 1.82) is 0 Å². The second-order valence-corrected chi connectivity index (χ2v) is 9.07. The molecule has 0 aliphatic heterocycles. The fourth-order valence-electron chi connectivity index (χ4n) is 5.73. The minimum atomic E-state index is 0.117. The van der Waals surface area contributed by atoms with E-state index in [0.717, 1.165) is 37.1 Å². The van der Waals surface area contributed by atoms with Crippen LogP contribution in [-0.2, 0) is 4.79 Å². The predicted molar refractivity (Wildman–Crippen MR) is 85.7 cm³/mol. The number of carbonyl (C=O) groups is 1. The van der Waals surface area contributed by atoms with Gasteiger partial charge in [0.05, 0.1) is 0 Å². The summed E-state index contributed by atoms with van der Waals surface area (Å²) in [6.45, 7) is 5.82. The minimum Gasteiger partial charge on any atom is -0.356 e. The van der Waals surface area contributed by atoms with E-state index in [2.05, 4.69) is 19.2 Å². The number of carbonyl (C=O) groups excluding carboxylic acids is 1. The summed E-state index contributed by atoms with van der Waals surface area (Å²) in [6, 6.07) is 0. The molecule has 0 spiro atoms. The van der Waals surface area contributed by atoms with Gasteiger partial charge in [0.25, 0.3) is 0 Å². The highest BCUT2D eigenvalue weighted by Crippen LogP contribution is 2.61. The maximum atomic E-state index is 12.4. The van der Waals surface area contributed by atoms with Crippen molar-refractivity contribution in [2.45, 2.75) is 65.2 Å². The van der Waals surface area contributed by atoms with Crippen molar-refractivity contribution in [2.24, 2.45) is 34.3 Å². The Morgan fingerprint density at radius 1 is 1.14 bits per heavy atom. The van der Waals surface area contributed by atoms with E-state index in [4.69, 9.17) is 5.73 Å². The molecule has 0 heterocycles. The molecule has 3 N–H and O–H groups in total. The highest BCUT2D eigenvalue weighted by Gasteiger charge is 2.51. The average Bonchev–Trinajstić information content (AvgIpc) is 2.34. The monoisotopic (exact) mass is 292 g/mol. The summed E-state index contributed by atoms with van der Waals surface area (Å²) in [6.07, 6.45) is 10.0. The summed E-state index contributed by atoms with van der Waals surface area (Å²) in [4.78, 5) is 12.4. The van der Waals surface area contributed by atoms with Gasteiger partial charge in [-0.25, -0.2) is 0 Å². The van der Waals surface area contributed by atoms with Gasteiger partial charge in [-0.3, -0.25) is 4.79 Å². The number of nitrogens with one attached hydrogen (secondary N) is 1. The summed E-state index contributed by atoms with van der Waals surface area (Å²) in [7, 11) is 0. The largest absolute Gasteiger partial charge is 0.356 e. The number of amides is 1. The van der Waals surface area contributed by atoms with Crippen molar-refractivity contribution < 1.29 is 4.79 Å². The van der Waals surface area contributed by atoms with Crippen LogP contribution in [0.15, 0.2) is 0 Å². The van der Waals surface area contributed by atoms with Gasteiger partial charge in [0, 0.05) is 13.0 Å². The zero-order chi connectivity index (χ0) is 15.1. The Hall–Kier alpha value is -0.570. The molecule has 4 fully saturated rings. The predicted octanol–water partition coefficient (Wildman–Crippen LogP) is 3.08. The van der Waals surface area contributed by atoms with E-state index in [9.17, 15) is 4.79 Å². The molecular formula is C18H32N2O. The SMILES string of the molecule is CC(C)(CCN)CNC(=O)CC12CC3CC(CC(C3)C1)C2. The molecule has 4 saturated carbocycles. The van der Waals surface area contributed by atoms with Crippen molar-refractivity contribution in [3.05, 3.63) is 0 Å². The number of hydrogen-bond acceptors (Lipinski definition) is 2. The Labute approximate surface area is 129 Å². The lowest BCUT2D eigenvalue weighted by Gasteiger charge is -2.56. The molecule has 0 aromatic carbocycles. The Kier molecular flexibility index (Phi) is 4.06. The summed E-state index contributed by atoms with van der Waals surface area (Å²) in [5, 5.41) is 3.19. The molecule has 3 nitrogen and oxygen atoms in total. The maximum Gasteiger partial charge on any atom is 0.220 e. The maximum absolute atomic E-state index is 12.4. The fourth-order valence-corrected chi connectivity index (χ4v) is 5.73. The molecule has 0 saturated heterocycles. The summed E-state index contributed by atoms with van der Waals surface area (Å²) < 4.78 is 0. The number of nitrogens with two attached hydrogens (primary N) is 1. The highest BCUT2D eigenvalue weighted by molar-refractivity contribution is 5.76. The van der Waals surface area contributed by atoms with Gasteiger partial charge in [0.2, 0.25) is 5.91 Å². The minimum absolute atomic E-state index is 0.117. The molecule has 0 aromatic heterocycles. The molecule has 3 heteroatoms. The first-order valence-electron chi connectivity index (χ1n) is 8.87. The zero-order valence-corrected chi connectivity index (χ0v) is 13.8. The van der Waals surface area contributed by atoms with Crippen LogP contribution >= 0.6 is 0 Å². The first-order valence-corrected chi connectivity index (χ1v) is 8.87. The first kappa shape index (κ1) is 15.3. The van der Waals surface area contributed by atoms with Gasteiger partial charge in [-0.2, -0.15) is 0 Å². The third-order valence-corrected chi connectivity index (χ3v) is 6.29. The van der Waals surface area contributed by atoms with Crippen molar-refractivity contribution in [1.82, 2.24) is 5.32 Å². The van der Waals surface area contributed by atoms with E-state index in [1.807, 2.05) is 0 Å². The van der Waals surface area contributed by atoms with E-state index >= 15 is 0 Å². The van der Waals surface area contributed by atoms with Crippen LogP contribution in [0.1, 0.15) is 65.2 Å². The van der Waals surface area contributed by atoms with Crippen molar-refractivity contribution in [3.8, 4) is 0 Å². The van der Waals surface area contributed by atoms with Gasteiger partial charge >= 0.3 is 0 Å². The topological polar surface area (TPSA) is 55.1 Å². The summed E-state index contributed by atoms with van der Waals surface area (Å²) in [5.74, 6) is 3.07. The van der Waals surface area contributed by atoms with E-state index in [0.29, 0.717) is 12.0 Å². The van der Waals surface area contributed by atoms with Gasteiger partial charge in [0.1, 0.15) is 0 Å². The normalized spacial score (nSPS) is 37.8. The fraction of sp³-hybridized carbons (Fsp3) is 0.944. The highest BCUT2D eigenvalue weighted by atomic mass is 16.1. The van der Waals surface area contributed by atoms with E-state index in [1.165, 1.54) is 38.5 Å². The molecule has 4 rings (SSSR count). The smallest absolute Gasteiger partial charge is 0.220 e. The van der Waals surface area contributed by atoms with Crippen LogP contribution in [-0.4, -0.2) is 19.0 Å². The lowest BCUT2D eigenvalue weighted by molar-refractivity contribution is -0.129. The molecular weight excluding hydrogens is 260 g/mol. The van der Waals surface area contributed by atoms with Crippen LogP contribution in [0, 0.1) is 28.6 Å². The van der Waals surface area contributed by atoms with Crippen LogP contribution in [0.25, 0.3) is 0 Å². The lowest BCUT2D eigenvalue weighted by Crippen LogP contribution is -2.48. The third-order valence-electron chi connectivity index (χ3n) is 6.29. The van der Waals surface area contributed by atoms with Crippen LogP contribution in [0.4, 0.5) is 0 Å². The average molecular weight is 292 g/mol. The van der Waals surface area contributed by atoms with Gasteiger partial charge in [-0.05, 0) is 80.1 Å². The quantitative estimate of drug-likeness (QED) is 0.790. The molecule has 0 radical (unpaired) electrons. The van der Waals surface area contributed by atoms with Gasteiger partial charge in [-0.1, -0.05) is 13.8 Å². The standard InChI is InChI=1S/C18H32N2O/c1-17(2,3-4-19)12-20-16(21)11-18-8-13-5-14(9-18)7-15(6-13)10-18/h13-15H,3-12,19H2,1-2H3,(H,20,21). The van der Waals surface area contributed by atoms with E-state index < -0.39 is 0 Å². The van der Waals surface area contributed by atoms with Crippen molar-refractivity contribution in [2.75, 3.05) is 13.1 Å². The Balaban J connectivity index is 1.53. The Bertz CT molecular complexity index is 367.